The second-order valence-electron chi connectivity index (χ2n) is 7.32. The lowest BCUT2D eigenvalue weighted by Gasteiger charge is -2.37. The van der Waals surface area contributed by atoms with Crippen LogP contribution in [0.2, 0.25) is 0 Å². The molecule has 1 heterocycles. The molecular formula is C20H30N2O3. The lowest BCUT2D eigenvalue weighted by Crippen LogP contribution is -2.46. The fraction of sp³-hybridized carbons (Fsp3) is 0.600. The van der Waals surface area contributed by atoms with Gasteiger partial charge in [-0.25, -0.2) is 0 Å². The van der Waals surface area contributed by atoms with Gasteiger partial charge in [-0.15, -0.1) is 0 Å². The molecule has 0 aliphatic carbocycles. The molecule has 0 spiro atoms. The van der Waals surface area contributed by atoms with Gasteiger partial charge in [0.2, 0.25) is 11.8 Å². The normalized spacial score (nSPS) is 20.4. The van der Waals surface area contributed by atoms with Crippen LogP contribution in [-0.2, 0) is 16.0 Å². The van der Waals surface area contributed by atoms with Gasteiger partial charge in [-0.2, -0.15) is 0 Å². The first-order chi connectivity index (χ1) is 11.8. The number of fused-ring (bicyclic) bond motifs is 1. The van der Waals surface area contributed by atoms with Crippen LogP contribution in [-0.4, -0.2) is 40.5 Å². The summed E-state index contributed by atoms with van der Waals surface area (Å²) < 4.78 is 0. The Morgan fingerprint density at radius 2 is 2.08 bits per heavy atom. The Balaban J connectivity index is 2.08. The summed E-state index contributed by atoms with van der Waals surface area (Å²) in [4.78, 5) is 26.3. The Labute approximate surface area is 150 Å². The molecular weight excluding hydrogens is 316 g/mol. The van der Waals surface area contributed by atoms with Crippen molar-refractivity contribution in [3.8, 4) is 0 Å². The molecule has 3 atom stereocenters. The van der Waals surface area contributed by atoms with Crippen molar-refractivity contribution in [2.24, 2.45) is 5.92 Å². The van der Waals surface area contributed by atoms with Gasteiger partial charge >= 0.3 is 0 Å². The van der Waals surface area contributed by atoms with E-state index in [2.05, 4.69) is 11.4 Å². The Kier molecular flexibility index (Phi) is 6.22. The minimum absolute atomic E-state index is 0.0149. The van der Waals surface area contributed by atoms with E-state index < -0.39 is 5.60 Å². The third-order valence-corrected chi connectivity index (χ3v) is 5.51. The Bertz CT molecular complexity index is 627. The van der Waals surface area contributed by atoms with Crippen molar-refractivity contribution in [2.45, 2.75) is 58.6 Å². The zero-order valence-electron chi connectivity index (χ0n) is 15.7. The monoisotopic (exact) mass is 346 g/mol. The van der Waals surface area contributed by atoms with Gasteiger partial charge in [-0.3, -0.25) is 9.59 Å². The highest BCUT2D eigenvalue weighted by Gasteiger charge is 2.32. The first-order valence-electron chi connectivity index (χ1n) is 9.10. The van der Waals surface area contributed by atoms with Crippen molar-refractivity contribution in [1.29, 1.82) is 0 Å². The Morgan fingerprint density at radius 1 is 1.40 bits per heavy atom. The minimum atomic E-state index is -0.935. The minimum Gasteiger partial charge on any atom is -0.388 e. The summed E-state index contributed by atoms with van der Waals surface area (Å²) in [7, 11) is 0. The fourth-order valence-electron chi connectivity index (χ4n) is 3.39. The van der Waals surface area contributed by atoms with Gasteiger partial charge in [0.1, 0.15) is 0 Å². The van der Waals surface area contributed by atoms with E-state index in [-0.39, 0.29) is 36.7 Å². The number of aliphatic hydroxyl groups is 1. The lowest BCUT2D eigenvalue weighted by molar-refractivity contribution is -0.133. The molecule has 0 aromatic heterocycles. The molecule has 0 saturated carbocycles. The van der Waals surface area contributed by atoms with E-state index in [4.69, 9.17) is 0 Å². The van der Waals surface area contributed by atoms with E-state index in [1.165, 1.54) is 5.56 Å². The number of amides is 2. The van der Waals surface area contributed by atoms with Crippen LogP contribution in [0.15, 0.2) is 24.3 Å². The topological polar surface area (TPSA) is 69.6 Å². The molecule has 0 fully saturated rings. The third kappa shape index (κ3) is 4.60. The molecule has 1 aromatic rings. The molecule has 138 valence electrons. The van der Waals surface area contributed by atoms with Crippen LogP contribution in [0.25, 0.3) is 0 Å². The van der Waals surface area contributed by atoms with Gasteiger partial charge in [-0.1, -0.05) is 44.5 Å². The van der Waals surface area contributed by atoms with Crippen molar-refractivity contribution < 1.29 is 14.7 Å². The van der Waals surface area contributed by atoms with Crippen LogP contribution in [0.4, 0.5) is 0 Å². The molecule has 1 aromatic carbocycles. The highest BCUT2D eigenvalue weighted by molar-refractivity contribution is 5.79. The van der Waals surface area contributed by atoms with Crippen molar-refractivity contribution >= 4 is 11.8 Å². The van der Waals surface area contributed by atoms with E-state index in [9.17, 15) is 14.7 Å². The largest absolute Gasteiger partial charge is 0.388 e. The number of nitrogens with zero attached hydrogens (tertiary/aromatic N) is 1. The SMILES string of the molecule is CCC(C)C(C)(O)CNC(=O)CC1c2ccccc2CCN1C(C)=O. The highest BCUT2D eigenvalue weighted by atomic mass is 16.3. The fourth-order valence-corrected chi connectivity index (χ4v) is 3.39. The molecule has 25 heavy (non-hydrogen) atoms. The molecule has 0 radical (unpaired) electrons. The maximum Gasteiger partial charge on any atom is 0.222 e. The van der Waals surface area contributed by atoms with Crippen LogP contribution in [0.3, 0.4) is 0 Å². The van der Waals surface area contributed by atoms with Gasteiger partial charge in [0.15, 0.2) is 0 Å². The van der Waals surface area contributed by atoms with Crippen LogP contribution in [0.1, 0.15) is 57.7 Å². The predicted molar refractivity (Wildman–Crippen MR) is 98.0 cm³/mol. The van der Waals surface area contributed by atoms with Gasteiger partial charge < -0.3 is 15.3 Å². The number of carbonyl (C=O) groups excluding carboxylic acids is 2. The highest BCUT2D eigenvalue weighted by Crippen LogP contribution is 2.32. The second-order valence-corrected chi connectivity index (χ2v) is 7.32. The van der Waals surface area contributed by atoms with Crippen LogP contribution >= 0.6 is 0 Å². The van der Waals surface area contributed by atoms with Gasteiger partial charge in [0.05, 0.1) is 18.1 Å². The maximum absolute atomic E-state index is 12.5. The van der Waals surface area contributed by atoms with Crippen molar-refractivity contribution in [3.05, 3.63) is 35.4 Å². The van der Waals surface area contributed by atoms with Crippen molar-refractivity contribution in [2.75, 3.05) is 13.1 Å². The lowest BCUT2D eigenvalue weighted by atomic mass is 9.88. The molecule has 1 aliphatic heterocycles. The molecule has 0 saturated heterocycles. The van der Waals surface area contributed by atoms with E-state index in [1.807, 2.05) is 32.0 Å². The first kappa shape index (κ1) is 19.4. The number of carbonyl (C=O) groups is 2. The van der Waals surface area contributed by atoms with Gasteiger partial charge in [0, 0.05) is 20.0 Å². The number of rotatable bonds is 6. The van der Waals surface area contributed by atoms with Crippen molar-refractivity contribution in [1.82, 2.24) is 10.2 Å². The van der Waals surface area contributed by atoms with E-state index in [0.717, 1.165) is 18.4 Å². The zero-order chi connectivity index (χ0) is 18.6. The van der Waals surface area contributed by atoms with E-state index >= 15 is 0 Å². The van der Waals surface area contributed by atoms with E-state index in [1.54, 1.807) is 18.7 Å². The maximum atomic E-state index is 12.5. The molecule has 5 heteroatoms. The van der Waals surface area contributed by atoms with Gasteiger partial charge in [-0.05, 0) is 30.4 Å². The number of hydrogen-bond donors (Lipinski definition) is 2. The van der Waals surface area contributed by atoms with Crippen molar-refractivity contribution in [3.63, 3.8) is 0 Å². The summed E-state index contributed by atoms with van der Waals surface area (Å²) in [6.07, 6.45) is 1.88. The summed E-state index contributed by atoms with van der Waals surface area (Å²) in [5.74, 6) is -0.0626. The quantitative estimate of drug-likeness (QED) is 0.831. The average Bonchev–Trinajstić information content (AvgIpc) is 2.59. The third-order valence-electron chi connectivity index (χ3n) is 5.51. The number of nitrogens with one attached hydrogen (secondary N) is 1. The average molecular weight is 346 g/mol. The van der Waals surface area contributed by atoms with Crippen LogP contribution < -0.4 is 5.32 Å². The molecule has 0 bridgehead atoms. The van der Waals surface area contributed by atoms with Gasteiger partial charge in [0.25, 0.3) is 0 Å². The zero-order valence-corrected chi connectivity index (χ0v) is 15.7. The molecule has 1 aliphatic rings. The second kappa shape index (κ2) is 8.00. The number of hydrogen-bond acceptors (Lipinski definition) is 3. The Morgan fingerprint density at radius 3 is 2.72 bits per heavy atom. The predicted octanol–water partition coefficient (Wildman–Crippen LogP) is 2.44. The Hall–Kier alpha value is -1.88. The summed E-state index contributed by atoms with van der Waals surface area (Å²) in [6, 6.07) is 7.75. The molecule has 2 N–H and O–H groups in total. The smallest absolute Gasteiger partial charge is 0.222 e. The summed E-state index contributed by atoms with van der Waals surface area (Å²) in [5.41, 5.74) is 1.31. The first-order valence-corrected chi connectivity index (χ1v) is 9.10. The molecule has 5 nitrogen and oxygen atoms in total. The molecule has 2 amide bonds. The molecule has 3 unspecified atom stereocenters. The summed E-state index contributed by atoms with van der Waals surface area (Å²) >= 11 is 0. The summed E-state index contributed by atoms with van der Waals surface area (Å²) in [5, 5.41) is 13.3. The summed E-state index contributed by atoms with van der Waals surface area (Å²) in [6.45, 7) is 8.14. The van der Waals surface area contributed by atoms with E-state index in [0.29, 0.717) is 6.54 Å². The standard InChI is InChI=1S/C20H30N2O3/c1-5-14(2)20(4,25)13-21-19(24)12-18-17-9-7-6-8-16(17)10-11-22(18)15(3)23/h6-9,14,18,25H,5,10-13H2,1-4H3,(H,21,24). The van der Waals surface area contributed by atoms with Crippen LogP contribution in [0.5, 0.6) is 0 Å². The van der Waals surface area contributed by atoms with Crippen LogP contribution in [0, 0.1) is 5.92 Å². The number of benzene rings is 1. The molecule has 2 rings (SSSR count).